The van der Waals surface area contributed by atoms with Gasteiger partial charge < -0.3 is 15.0 Å². The quantitative estimate of drug-likeness (QED) is 0.929. The minimum Gasteiger partial charge on any atom is -0.495 e. The predicted octanol–water partition coefficient (Wildman–Crippen LogP) is 3.13. The molecule has 3 rings (SSSR count). The first-order chi connectivity index (χ1) is 12.0. The molecular weight excluding hydrogens is 323 g/mol. The molecule has 0 spiro atoms. The molecule has 130 valence electrons. The number of halogens is 1. The van der Waals surface area contributed by atoms with Crippen LogP contribution in [-0.4, -0.2) is 25.5 Å². The lowest BCUT2D eigenvalue weighted by atomic mass is 10.1. The minimum atomic E-state index is -0.500. The standard InChI is InChI=1S/C19H19FN2O3/c1-12-7-8-14(20)10-15(12)21-19(24)13-9-18(23)22(11-13)16-5-3-4-6-17(16)25-2/h3-8,10,13H,9,11H2,1-2H3,(H,21,24)/t13-/m1/s1. The minimum absolute atomic E-state index is 0.109. The van der Waals surface area contributed by atoms with E-state index >= 15 is 0 Å². The third kappa shape index (κ3) is 3.47. The summed E-state index contributed by atoms with van der Waals surface area (Å²) in [5.74, 6) is -0.767. The summed E-state index contributed by atoms with van der Waals surface area (Å²) in [5.41, 5.74) is 1.83. The molecule has 2 amide bonds. The number of ether oxygens (including phenoxy) is 1. The summed E-state index contributed by atoms with van der Waals surface area (Å²) in [6.45, 7) is 2.05. The van der Waals surface area contributed by atoms with E-state index in [4.69, 9.17) is 4.74 Å². The number of nitrogens with zero attached hydrogens (tertiary/aromatic N) is 1. The Hall–Kier alpha value is -2.89. The van der Waals surface area contributed by atoms with Gasteiger partial charge in [-0.3, -0.25) is 9.59 Å². The van der Waals surface area contributed by atoms with Gasteiger partial charge in [0, 0.05) is 18.7 Å². The third-order valence-electron chi connectivity index (χ3n) is 4.33. The van der Waals surface area contributed by atoms with Crippen molar-refractivity contribution in [3.63, 3.8) is 0 Å². The molecule has 0 bridgehead atoms. The molecule has 1 aliphatic heterocycles. The van der Waals surface area contributed by atoms with E-state index in [2.05, 4.69) is 5.32 Å². The zero-order valence-electron chi connectivity index (χ0n) is 14.1. The highest BCUT2D eigenvalue weighted by Gasteiger charge is 2.36. The highest BCUT2D eigenvalue weighted by Crippen LogP contribution is 2.33. The maximum atomic E-state index is 13.4. The van der Waals surface area contributed by atoms with E-state index in [1.54, 1.807) is 30.0 Å². The van der Waals surface area contributed by atoms with Gasteiger partial charge >= 0.3 is 0 Å². The van der Waals surface area contributed by atoms with Gasteiger partial charge in [0.15, 0.2) is 0 Å². The van der Waals surface area contributed by atoms with Crippen molar-refractivity contribution >= 4 is 23.2 Å². The number of hydrogen-bond donors (Lipinski definition) is 1. The van der Waals surface area contributed by atoms with Crippen LogP contribution in [0.5, 0.6) is 5.75 Å². The fourth-order valence-electron chi connectivity index (χ4n) is 2.93. The lowest BCUT2D eigenvalue weighted by molar-refractivity contribution is -0.122. The fourth-order valence-corrected chi connectivity index (χ4v) is 2.93. The first-order valence-corrected chi connectivity index (χ1v) is 8.00. The summed E-state index contributed by atoms with van der Waals surface area (Å²) < 4.78 is 18.7. The van der Waals surface area contributed by atoms with Crippen LogP contribution in [0.4, 0.5) is 15.8 Å². The Kier molecular flexibility index (Phi) is 4.70. The van der Waals surface area contributed by atoms with E-state index in [1.807, 2.05) is 12.1 Å². The molecule has 1 fully saturated rings. The molecule has 6 heteroatoms. The van der Waals surface area contributed by atoms with Crippen molar-refractivity contribution in [2.75, 3.05) is 23.9 Å². The monoisotopic (exact) mass is 342 g/mol. The van der Waals surface area contributed by atoms with Gasteiger partial charge in [-0.15, -0.1) is 0 Å². The summed E-state index contributed by atoms with van der Waals surface area (Å²) >= 11 is 0. The van der Waals surface area contributed by atoms with Gasteiger partial charge in [0.05, 0.1) is 18.7 Å². The number of rotatable bonds is 4. The van der Waals surface area contributed by atoms with Crippen molar-refractivity contribution in [2.24, 2.45) is 5.92 Å². The number of para-hydroxylation sites is 2. The normalized spacial score (nSPS) is 16.8. The smallest absolute Gasteiger partial charge is 0.229 e. The van der Waals surface area contributed by atoms with Crippen LogP contribution < -0.4 is 15.0 Å². The number of amides is 2. The van der Waals surface area contributed by atoms with Crippen molar-refractivity contribution in [3.05, 3.63) is 53.8 Å². The largest absolute Gasteiger partial charge is 0.495 e. The number of aryl methyl sites for hydroxylation is 1. The van der Waals surface area contributed by atoms with Crippen molar-refractivity contribution < 1.29 is 18.7 Å². The molecule has 2 aromatic rings. The zero-order chi connectivity index (χ0) is 18.0. The number of hydrogen-bond acceptors (Lipinski definition) is 3. The molecule has 1 heterocycles. The van der Waals surface area contributed by atoms with Crippen LogP contribution in [0.15, 0.2) is 42.5 Å². The van der Waals surface area contributed by atoms with Gasteiger partial charge in [-0.2, -0.15) is 0 Å². The zero-order valence-corrected chi connectivity index (χ0v) is 14.1. The van der Waals surface area contributed by atoms with Crippen molar-refractivity contribution in [2.45, 2.75) is 13.3 Å². The number of nitrogens with one attached hydrogen (secondary N) is 1. The summed E-state index contributed by atoms with van der Waals surface area (Å²) in [6.07, 6.45) is 0.109. The summed E-state index contributed by atoms with van der Waals surface area (Å²) in [4.78, 5) is 26.4. The van der Waals surface area contributed by atoms with Crippen molar-refractivity contribution in [1.82, 2.24) is 0 Å². The van der Waals surface area contributed by atoms with E-state index < -0.39 is 11.7 Å². The lowest BCUT2D eigenvalue weighted by Crippen LogP contribution is -2.28. The number of carbonyl (C=O) groups excluding carboxylic acids is 2. The third-order valence-corrected chi connectivity index (χ3v) is 4.33. The van der Waals surface area contributed by atoms with E-state index in [9.17, 15) is 14.0 Å². The average molecular weight is 342 g/mol. The van der Waals surface area contributed by atoms with Gasteiger partial charge in [-0.25, -0.2) is 4.39 Å². The first kappa shape index (κ1) is 17.0. The Balaban J connectivity index is 1.76. The van der Waals surface area contributed by atoms with Crippen LogP contribution in [0.25, 0.3) is 0 Å². The van der Waals surface area contributed by atoms with E-state index in [0.29, 0.717) is 17.1 Å². The first-order valence-electron chi connectivity index (χ1n) is 8.00. The van der Waals surface area contributed by atoms with Crippen molar-refractivity contribution in [1.29, 1.82) is 0 Å². The molecule has 25 heavy (non-hydrogen) atoms. The second kappa shape index (κ2) is 6.93. The molecule has 2 aromatic carbocycles. The van der Waals surface area contributed by atoms with Gasteiger partial charge in [0.25, 0.3) is 0 Å². The van der Waals surface area contributed by atoms with Gasteiger partial charge in [-0.05, 0) is 36.8 Å². The Morgan fingerprint density at radius 2 is 2.04 bits per heavy atom. The number of carbonyl (C=O) groups is 2. The predicted molar refractivity (Wildman–Crippen MR) is 93.2 cm³/mol. The second-order valence-electron chi connectivity index (χ2n) is 6.03. The molecule has 1 aliphatic rings. The van der Waals surface area contributed by atoms with Crippen LogP contribution >= 0.6 is 0 Å². The molecule has 0 aliphatic carbocycles. The number of methoxy groups -OCH3 is 1. The Labute approximate surface area is 145 Å². The molecule has 0 aromatic heterocycles. The SMILES string of the molecule is COc1ccccc1N1C[C@H](C(=O)Nc2cc(F)ccc2C)CC1=O. The van der Waals surface area contributed by atoms with Gasteiger partial charge in [0.2, 0.25) is 11.8 Å². The number of benzene rings is 2. The summed E-state index contributed by atoms with van der Waals surface area (Å²) in [7, 11) is 1.54. The Morgan fingerprint density at radius 1 is 1.28 bits per heavy atom. The molecule has 1 atom stereocenters. The molecule has 0 saturated carbocycles. The van der Waals surface area contributed by atoms with Crippen LogP contribution in [-0.2, 0) is 9.59 Å². The molecule has 0 unspecified atom stereocenters. The van der Waals surface area contributed by atoms with Crippen LogP contribution in [0.1, 0.15) is 12.0 Å². The highest BCUT2D eigenvalue weighted by atomic mass is 19.1. The molecule has 1 saturated heterocycles. The summed E-state index contributed by atoms with van der Waals surface area (Å²) in [6, 6.07) is 11.4. The van der Waals surface area contributed by atoms with Crippen molar-refractivity contribution in [3.8, 4) is 5.75 Å². The Bertz CT molecular complexity index is 822. The summed E-state index contributed by atoms with van der Waals surface area (Å²) in [5, 5.41) is 2.73. The van der Waals surface area contributed by atoms with Gasteiger partial charge in [0.1, 0.15) is 11.6 Å². The maximum Gasteiger partial charge on any atom is 0.229 e. The Morgan fingerprint density at radius 3 is 2.80 bits per heavy atom. The second-order valence-corrected chi connectivity index (χ2v) is 6.03. The lowest BCUT2D eigenvalue weighted by Gasteiger charge is -2.19. The highest BCUT2D eigenvalue weighted by molar-refractivity contribution is 6.04. The average Bonchev–Trinajstić information content (AvgIpc) is 3.00. The van der Waals surface area contributed by atoms with E-state index in [0.717, 1.165) is 5.56 Å². The fraction of sp³-hybridized carbons (Fsp3) is 0.263. The number of anilines is 2. The molecule has 5 nitrogen and oxygen atoms in total. The van der Waals surface area contributed by atoms with Crippen LogP contribution in [0, 0.1) is 18.7 Å². The van der Waals surface area contributed by atoms with E-state index in [-0.39, 0.29) is 24.8 Å². The molecular formula is C19H19FN2O3. The van der Waals surface area contributed by atoms with Gasteiger partial charge in [-0.1, -0.05) is 18.2 Å². The van der Waals surface area contributed by atoms with Crippen LogP contribution in [0.2, 0.25) is 0 Å². The van der Waals surface area contributed by atoms with E-state index in [1.165, 1.54) is 19.2 Å². The molecule has 1 N–H and O–H groups in total. The maximum absolute atomic E-state index is 13.4. The topological polar surface area (TPSA) is 58.6 Å². The molecule has 0 radical (unpaired) electrons. The van der Waals surface area contributed by atoms with Crippen LogP contribution in [0.3, 0.4) is 0 Å².